The highest BCUT2D eigenvalue weighted by atomic mass is 16.5. The van der Waals surface area contributed by atoms with Crippen LogP contribution in [0.2, 0.25) is 0 Å². The summed E-state index contributed by atoms with van der Waals surface area (Å²) in [5.74, 6) is 2.38. The van der Waals surface area contributed by atoms with E-state index in [2.05, 4.69) is 37.3 Å². The highest BCUT2D eigenvalue weighted by Crippen LogP contribution is 2.36. The van der Waals surface area contributed by atoms with Crippen molar-refractivity contribution in [2.45, 2.75) is 89.6 Å². The molecule has 2 heteroatoms. The molecule has 2 aliphatic carbocycles. The molecule has 0 aliphatic heterocycles. The van der Waals surface area contributed by atoms with Gasteiger partial charge in [-0.3, -0.25) is 0 Å². The molecule has 2 nitrogen and oxygen atoms in total. The monoisotopic (exact) mass is 405 g/mol. The Labute approximate surface area is 184 Å². The van der Waals surface area contributed by atoms with Gasteiger partial charge in [0, 0.05) is 12.7 Å². The number of nitriles is 1. The first-order valence-corrected chi connectivity index (χ1v) is 12.2. The minimum Gasteiger partial charge on any atom is -0.378 e. The van der Waals surface area contributed by atoms with E-state index in [1.807, 2.05) is 18.2 Å². The predicted molar refractivity (Wildman–Crippen MR) is 125 cm³/mol. The molecule has 162 valence electrons. The molecule has 0 amide bonds. The van der Waals surface area contributed by atoms with Crippen molar-refractivity contribution in [3.8, 4) is 6.07 Å². The number of aryl methyl sites for hydroxylation is 1. The van der Waals surface area contributed by atoms with Gasteiger partial charge in [0.25, 0.3) is 0 Å². The average molecular weight is 406 g/mol. The van der Waals surface area contributed by atoms with Crippen LogP contribution in [0.15, 0.2) is 48.6 Å². The highest BCUT2D eigenvalue weighted by molar-refractivity contribution is 5.25. The van der Waals surface area contributed by atoms with Crippen LogP contribution < -0.4 is 0 Å². The third kappa shape index (κ3) is 7.44. The van der Waals surface area contributed by atoms with E-state index in [9.17, 15) is 0 Å². The molecule has 2 aliphatic rings. The smallest absolute Gasteiger partial charge is 0.0912 e. The summed E-state index contributed by atoms with van der Waals surface area (Å²) in [5.41, 5.74) is 2.97. The fraction of sp³-hybridized carbons (Fsp3) is 0.607. The van der Waals surface area contributed by atoms with Crippen molar-refractivity contribution in [2.24, 2.45) is 11.8 Å². The van der Waals surface area contributed by atoms with Crippen LogP contribution in [-0.4, -0.2) is 12.7 Å². The van der Waals surface area contributed by atoms with Gasteiger partial charge in [0.15, 0.2) is 0 Å². The van der Waals surface area contributed by atoms with Crippen molar-refractivity contribution in [1.82, 2.24) is 0 Å². The zero-order chi connectivity index (χ0) is 21.0. The van der Waals surface area contributed by atoms with Gasteiger partial charge in [-0.15, -0.1) is 0 Å². The van der Waals surface area contributed by atoms with Gasteiger partial charge >= 0.3 is 0 Å². The van der Waals surface area contributed by atoms with E-state index in [1.165, 1.54) is 75.0 Å². The molecule has 0 bridgehead atoms. The van der Waals surface area contributed by atoms with Crippen molar-refractivity contribution in [2.75, 3.05) is 6.61 Å². The first-order chi connectivity index (χ1) is 14.8. The van der Waals surface area contributed by atoms with Gasteiger partial charge in [-0.1, -0.05) is 62.3 Å². The zero-order valence-electron chi connectivity index (χ0n) is 18.8. The summed E-state index contributed by atoms with van der Waals surface area (Å²) in [6, 6.07) is 11.3. The molecule has 2 fully saturated rings. The van der Waals surface area contributed by atoms with E-state index in [-0.39, 0.29) is 0 Å². The average Bonchev–Trinajstić information content (AvgIpc) is 2.81. The number of benzene rings is 1. The van der Waals surface area contributed by atoms with Crippen molar-refractivity contribution in [3.05, 3.63) is 59.7 Å². The Balaban J connectivity index is 1.28. The molecule has 0 radical (unpaired) electrons. The molecule has 1 aromatic rings. The second-order valence-corrected chi connectivity index (χ2v) is 9.28. The van der Waals surface area contributed by atoms with Crippen LogP contribution in [-0.2, 0) is 11.2 Å². The lowest BCUT2D eigenvalue weighted by Crippen LogP contribution is -2.25. The maximum Gasteiger partial charge on any atom is 0.0912 e. The first-order valence-electron chi connectivity index (χ1n) is 12.2. The third-order valence-electron chi connectivity index (χ3n) is 7.23. The summed E-state index contributed by atoms with van der Waals surface area (Å²) in [6.07, 6.45) is 22.0. The second-order valence-electron chi connectivity index (χ2n) is 9.28. The largest absolute Gasteiger partial charge is 0.378 e. The maximum absolute atomic E-state index is 8.47. The second kappa shape index (κ2) is 12.8. The number of allylic oxidation sites excluding steroid dienone is 4. The zero-order valence-corrected chi connectivity index (χ0v) is 18.8. The number of ether oxygens (including phenoxy) is 1. The van der Waals surface area contributed by atoms with Gasteiger partial charge in [-0.25, -0.2) is 0 Å². The van der Waals surface area contributed by atoms with Crippen LogP contribution in [0.4, 0.5) is 0 Å². The SMILES string of the molecule is CCc1ccc(C2CCC(OCC3CCC(CCC=CC=CC#N)CC3)CC2)cc1. The molecular weight excluding hydrogens is 366 g/mol. The van der Waals surface area contributed by atoms with Crippen LogP contribution in [0.5, 0.6) is 0 Å². The summed E-state index contributed by atoms with van der Waals surface area (Å²) in [6.45, 7) is 3.20. The van der Waals surface area contributed by atoms with Gasteiger partial charge in [-0.2, -0.15) is 5.26 Å². The lowest BCUT2D eigenvalue weighted by atomic mass is 9.80. The van der Waals surface area contributed by atoms with E-state index in [0.29, 0.717) is 6.10 Å². The summed E-state index contributed by atoms with van der Waals surface area (Å²) < 4.78 is 6.37. The van der Waals surface area contributed by atoms with Crippen molar-refractivity contribution >= 4 is 0 Å². The molecular formula is C28H39NO. The molecule has 0 spiro atoms. The number of hydrogen-bond acceptors (Lipinski definition) is 2. The molecule has 0 atom stereocenters. The molecule has 0 unspecified atom stereocenters. The normalized spacial score (nSPS) is 27.5. The molecule has 0 heterocycles. The third-order valence-corrected chi connectivity index (χ3v) is 7.23. The molecule has 3 rings (SSSR count). The van der Waals surface area contributed by atoms with Gasteiger partial charge in [0.2, 0.25) is 0 Å². The van der Waals surface area contributed by atoms with Crippen LogP contribution >= 0.6 is 0 Å². The Kier molecular flexibility index (Phi) is 9.71. The standard InChI is InChI=1S/C28H39NO/c1-2-23-13-15-26(16-14-23)27-17-19-28(20-18-27)30-22-25-11-9-24(10-12-25)8-6-4-3-5-7-21-29/h3-5,7,13-16,24-25,27-28H,2,6,8-12,17-20,22H2,1H3. The molecule has 30 heavy (non-hydrogen) atoms. The van der Waals surface area contributed by atoms with Crippen LogP contribution in [0.1, 0.15) is 88.2 Å². The van der Waals surface area contributed by atoms with E-state index < -0.39 is 0 Å². The van der Waals surface area contributed by atoms with Crippen LogP contribution in [0.25, 0.3) is 0 Å². The lowest BCUT2D eigenvalue weighted by molar-refractivity contribution is -0.00474. The predicted octanol–water partition coefficient (Wildman–Crippen LogP) is 7.51. The maximum atomic E-state index is 8.47. The minimum absolute atomic E-state index is 0.487. The number of hydrogen-bond donors (Lipinski definition) is 0. The van der Waals surface area contributed by atoms with Gasteiger partial charge in [0.1, 0.15) is 0 Å². The topological polar surface area (TPSA) is 33.0 Å². The number of rotatable bonds is 9. The Morgan fingerprint density at radius 3 is 2.30 bits per heavy atom. The van der Waals surface area contributed by atoms with Gasteiger partial charge < -0.3 is 4.74 Å². The minimum atomic E-state index is 0.487. The summed E-state index contributed by atoms with van der Waals surface area (Å²) in [7, 11) is 0. The fourth-order valence-corrected chi connectivity index (χ4v) is 5.15. The fourth-order valence-electron chi connectivity index (χ4n) is 5.15. The van der Waals surface area contributed by atoms with Gasteiger partial charge in [0.05, 0.1) is 12.2 Å². The molecule has 1 aromatic carbocycles. The molecule has 2 saturated carbocycles. The Bertz CT molecular complexity index is 695. The summed E-state index contributed by atoms with van der Waals surface area (Å²) in [4.78, 5) is 0. The summed E-state index contributed by atoms with van der Waals surface area (Å²) >= 11 is 0. The van der Waals surface area contributed by atoms with E-state index in [4.69, 9.17) is 10.00 Å². The number of nitrogens with zero attached hydrogens (tertiary/aromatic N) is 1. The highest BCUT2D eigenvalue weighted by Gasteiger charge is 2.25. The summed E-state index contributed by atoms with van der Waals surface area (Å²) in [5, 5.41) is 8.47. The van der Waals surface area contributed by atoms with Gasteiger partial charge in [-0.05, 0) is 86.7 Å². The first kappa shape index (κ1) is 22.8. The van der Waals surface area contributed by atoms with Crippen LogP contribution in [0.3, 0.4) is 0 Å². The van der Waals surface area contributed by atoms with E-state index in [1.54, 1.807) is 0 Å². The van der Waals surface area contributed by atoms with Crippen molar-refractivity contribution in [1.29, 1.82) is 5.26 Å². The van der Waals surface area contributed by atoms with E-state index in [0.717, 1.165) is 37.2 Å². The Hall–Kier alpha value is -1.85. The van der Waals surface area contributed by atoms with Crippen LogP contribution in [0, 0.1) is 23.2 Å². The molecule has 0 saturated heterocycles. The Morgan fingerprint density at radius 2 is 1.63 bits per heavy atom. The molecule has 0 N–H and O–H groups in total. The quantitative estimate of drug-likeness (QED) is 0.314. The van der Waals surface area contributed by atoms with Crippen molar-refractivity contribution in [3.63, 3.8) is 0 Å². The lowest BCUT2D eigenvalue weighted by Gasteiger charge is -2.32. The van der Waals surface area contributed by atoms with Crippen molar-refractivity contribution < 1.29 is 4.74 Å². The Morgan fingerprint density at radius 1 is 0.933 bits per heavy atom. The molecule has 0 aromatic heterocycles. The van der Waals surface area contributed by atoms with E-state index >= 15 is 0 Å².